The van der Waals surface area contributed by atoms with Crippen molar-refractivity contribution in [2.24, 2.45) is 10.4 Å². The molecule has 8 nitrogen and oxygen atoms in total. The molecule has 0 aliphatic carbocycles. The molecule has 5 aromatic rings. The van der Waals surface area contributed by atoms with Crippen LogP contribution in [0.15, 0.2) is 72.0 Å². The number of nitrogens with zero attached hydrogens (tertiary/aromatic N) is 4. The lowest BCUT2D eigenvalue weighted by atomic mass is 9.92. The van der Waals surface area contributed by atoms with Crippen LogP contribution in [0, 0.1) is 5.41 Å². The SMILES string of the molecule is CC(C)(C)CC(=O)NC1=IC(c2ccc3[nH]nc(-c4nc5c(-c6ccccn6)cccc5[nH]4)c3c2)=CN=C1. The van der Waals surface area contributed by atoms with Crippen molar-refractivity contribution in [1.29, 1.82) is 0 Å². The Morgan fingerprint density at radius 3 is 2.76 bits per heavy atom. The summed E-state index contributed by atoms with van der Waals surface area (Å²) in [5.41, 5.74) is 6.31. The molecule has 0 unspecified atom stereocenters. The van der Waals surface area contributed by atoms with E-state index < -0.39 is 20.7 Å². The summed E-state index contributed by atoms with van der Waals surface area (Å²) in [4.78, 5) is 29.8. The number of amides is 1. The first kappa shape index (κ1) is 24.4. The lowest BCUT2D eigenvalue weighted by Crippen LogP contribution is -2.33. The molecule has 1 amide bonds. The fraction of sp³-hybridized carbons (Fsp3) is 0.172. The number of aromatic nitrogens is 5. The maximum atomic E-state index is 12.5. The molecule has 3 aromatic heterocycles. The fourth-order valence-electron chi connectivity index (χ4n) is 4.39. The summed E-state index contributed by atoms with van der Waals surface area (Å²) >= 11 is -0.591. The van der Waals surface area contributed by atoms with Gasteiger partial charge in [-0.2, -0.15) is 5.10 Å². The Morgan fingerprint density at radius 1 is 1.05 bits per heavy atom. The van der Waals surface area contributed by atoms with Crippen LogP contribution in [0.1, 0.15) is 32.8 Å². The van der Waals surface area contributed by atoms with E-state index in [1.165, 1.54) is 0 Å². The quantitative estimate of drug-likeness (QED) is 0.204. The number of rotatable bonds is 5. The molecular weight excluding hydrogens is 589 g/mol. The number of carbonyl (C=O) groups is 1. The Morgan fingerprint density at radius 2 is 1.95 bits per heavy atom. The molecule has 9 heteroatoms. The van der Waals surface area contributed by atoms with E-state index in [2.05, 4.69) is 63.4 Å². The molecule has 0 atom stereocenters. The highest BCUT2D eigenvalue weighted by atomic mass is 127. The normalized spacial score (nSPS) is 13.8. The van der Waals surface area contributed by atoms with Gasteiger partial charge in [-0.05, 0) is 41.3 Å². The van der Waals surface area contributed by atoms with Crippen LogP contribution >= 0.6 is 20.7 Å². The topological polar surface area (TPSA) is 112 Å². The summed E-state index contributed by atoms with van der Waals surface area (Å²) in [6.07, 6.45) is 5.92. The lowest BCUT2D eigenvalue weighted by Gasteiger charge is -2.17. The molecule has 0 spiro atoms. The Labute approximate surface area is 229 Å². The predicted octanol–water partition coefficient (Wildman–Crippen LogP) is 6.20. The van der Waals surface area contributed by atoms with Crippen molar-refractivity contribution in [1.82, 2.24) is 30.5 Å². The van der Waals surface area contributed by atoms with E-state index in [9.17, 15) is 4.79 Å². The summed E-state index contributed by atoms with van der Waals surface area (Å²) in [6, 6.07) is 18.1. The molecule has 0 fully saturated rings. The summed E-state index contributed by atoms with van der Waals surface area (Å²) in [5.74, 6) is 0.723. The first-order chi connectivity index (χ1) is 18.3. The second-order valence-electron chi connectivity index (χ2n) is 10.3. The summed E-state index contributed by atoms with van der Waals surface area (Å²) < 4.78 is 2.04. The van der Waals surface area contributed by atoms with Gasteiger partial charge in [0, 0.05) is 33.3 Å². The van der Waals surface area contributed by atoms with Crippen LogP contribution in [0.3, 0.4) is 0 Å². The van der Waals surface area contributed by atoms with Crippen molar-refractivity contribution in [2.45, 2.75) is 27.2 Å². The minimum Gasteiger partial charge on any atom is -0.337 e. The van der Waals surface area contributed by atoms with Gasteiger partial charge in [-0.15, -0.1) is 0 Å². The van der Waals surface area contributed by atoms with Crippen molar-refractivity contribution >= 4 is 62.0 Å². The number of nitrogens with one attached hydrogen (secondary N) is 3. The zero-order valence-electron chi connectivity index (χ0n) is 21.2. The third-order valence-corrected chi connectivity index (χ3v) is 8.66. The van der Waals surface area contributed by atoms with Crippen LogP contribution < -0.4 is 5.32 Å². The van der Waals surface area contributed by atoms with Crippen LogP contribution in [0.25, 0.3) is 48.3 Å². The second kappa shape index (κ2) is 9.71. The van der Waals surface area contributed by atoms with Crippen molar-refractivity contribution in [3.63, 3.8) is 0 Å². The van der Waals surface area contributed by atoms with Crippen LogP contribution in [-0.4, -0.2) is 40.9 Å². The van der Waals surface area contributed by atoms with Crippen molar-refractivity contribution in [3.8, 4) is 22.8 Å². The lowest BCUT2D eigenvalue weighted by molar-refractivity contribution is -0.121. The molecular formula is C29H26IN7O. The molecule has 0 saturated carbocycles. The van der Waals surface area contributed by atoms with Gasteiger partial charge in [0.15, 0.2) is 5.82 Å². The van der Waals surface area contributed by atoms with Crippen molar-refractivity contribution < 1.29 is 4.79 Å². The third-order valence-electron chi connectivity index (χ3n) is 6.05. The molecule has 38 heavy (non-hydrogen) atoms. The molecule has 4 heterocycles. The summed E-state index contributed by atoms with van der Waals surface area (Å²) in [6.45, 7) is 6.18. The van der Waals surface area contributed by atoms with Gasteiger partial charge in [-0.25, -0.2) is 4.98 Å². The first-order valence-corrected chi connectivity index (χ1v) is 14.4. The average molecular weight is 615 g/mol. The highest BCUT2D eigenvalue weighted by Crippen LogP contribution is 2.35. The molecule has 0 bridgehead atoms. The van der Waals surface area contributed by atoms with E-state index in [0.29, 0.717) is 12.2 Å². The third kappa shape index (κ3) is 4.93. The van der Waals surface area contributed by atoms with E-state index >= 15 is 0 Å². The number of pyridine rings is 1. The molecule has 3 N–H and O–H groups in total. The minimum absolute atomic E-state index is 0.0300. The highest BCUT2D eigenvalue weighted by molar-refractivity contribution is 14.2. The van der Waals surface area contributed by atoms with Crippen molar-refractivity contribution in [3.05, 3.63) is 72.6 Å². The van der Waals surface area contributed by atoms with E-state index in [0.717, 1.165) is 51.7 Å². The zero-order valence-corrected chi connectivity index (χ0v) is 23.4. The number of aromatic amines is 2. The van der Waals surface area contributed by atoms with Gasteiger partial charge < -0.3 is 10.3 Å². The van der Waals surface area contributed by atoms with Gasteiger partial charge in [0.05, 0.1) is 32.1 Å². The van der Waals surface area contributed by atoms with E-state index in [1.54, 1.807) is 12.4 Å². The number of imidazole rings is 1. The standard InChI is InChI=1S/C29H26IN7O/c1-29(2,3)14-25(38)34-24-16-31-15-20(30-24)17-10-11-22-19(13-17)27(37-36-22)28-33-23-9-6-7-18(26(23)35-28)21-8-4-5-12-32-21/h4-13,15-16H,14H2,1-3H3,(H,33,35)(H,34,38)(H,36,37). The number of hydrogen-bond acceptors (Lipinski definition) is 5. The Kier molecular flexibility index (Phi) is 6.22. The van der Waals surface area contributed by atoms with E-state index in [-0.39, 0.29) is 11.3 Å². The minimum atomic E-state index is -0.591. The van der Waals surface area contributed by atoms with Crippen LogP contribution in [-0.2, 0) is 4.79 Å². The van der Waals surface area contributed by atoms with E-state index in [4.69, 9.17) is 4.98 Å². The van der Waals surface area contributed by atoms with Gasteiger partial charge in [0.1, 0.15) is 5.69 Å². The molecule has 190 valence electrons. The first-order valence-electron chi connectivity index (χ1n) is 12.3. The van der Waals surface area contributed by atoms with Gasteiger partial charge in [0.2, 0.25) is 5.91 Å². The molecule has 1 aliphatic heterocycles. The Balaban J connectivity index is 1.35. The smallest absolute Gasteiger partial charge is 0.225 e. The van der Waals surface area contributed by atoms with Gasteiger partial charge in [-0.3, -0.25) is 19.9 Å². The molecule has 0 saturated heterocycles. The summed E-state index contributed by atoms with van der Waals surface area (Å²) in [5, 5.41) is 11.8. The predicted molar refractivity (Wildman–Crippen MR) is 162 cm³/mol. The highest BCUT2D eigenvalue weighted by Gasteiger charge is 2.19. The van der Waals surface area contributed by atoms with Gasteiger partial charge >= 0.3 is 0 Å². The number of aliphatic imine (C=N–C) groups is 1. The number of carbonyl (C=O) groups excluding carboxylic acids is 1. The number of hydrogen-bond donors (Lipinski definition) is 3. The Hall–Kier alpha value is -3.99. The fourth-order valence-corrected chi connectivity index (χ4v) is 6.70. The molecule has 2 aromatic carbocycles. The average Bonchev–Trinajstić information content (AvgIpc) is 3.51. The maximum Gasteiger partial charge on any atom is 0.225 e. The largest absolute Gasteiger partial charge is 0.337 e. The van der Waals surface area contributed by atoms with Crippen LogP contribution in [0.2, 0.25) is 0 Å². The van der Waals surface area contributed by atoms with Gasteiger partial charge in [0.25, 0.3) is 0 Å². The zero-order chi connectivity index (χ0) is 26.3. The number of fused-ring (bicyclic) bond motifs is 2. The van der Waals surface area contributed by atoms with Crippen LogP contribution in [0.5, 0.6) is 0 Å². The number of para-hydroxylation sites is 1. The molecule has 0 radical (unpaired) electrons. The Bertz CT molecular complexity index is 1770. The number of halogens is 1. The molecule has 6 rings (SSSR count). The van der Waals surface area contributed by atoms with Crippen LogP contribution in [0.4, 0.5) is 0 Å². The molecule has 1 aliphatic rings. The monoisotopic (exact) mass is 615 g/mol. The van der Waals surface area contributed by atoms with Gasteiger partial charge in [-0.1, -0.05) is 65.8 Å². The van der Waals surface area contributed by atoms with E-state index in [1.807, 2.05) is 48.7 Å². The second-order valence-corrected chi connectivity index (χ2v) is 13.2. The maximum absolute atomic E-state index is 12.5. The van der Waals surface area contributed by atoms with Crippen molar-refractivity contribution in [2.75, 3.05) is 0 Å². The number of H-pyrrole nitrogens is 2. The number of benzene rings is 2. The summed E-state index contributed by atoms with van der Waals surface area (Å²) in [7, 11) is 0.